The van der Waals surface area contributed by atoms with Crippen molar-refractivity contribution in [3.05, 3.63) is 0 Å². The number of carbonyl (C=O) groups excluding carboxylic acids is 2. The van der Waals surface area contributed by atoms with Crippen LogP contribution in [0.5, 0.6) is 0 Å². The predicted octanol–water partition coefficient (Wildman–Crippen LogP) is -1.04. The first-order valence-corrected chi connectivity index (χ1v) is 8.43. The minimum atomic E-state index is -3.46. The fraction of sp³-hybridized carbons (Fsp3) is 0.833. The lowest BCUT2D eigenvalue weighted by atomic mass is 9.84. The summed E-state index contributed by atoms with van der Waals surface area (Å²) in [5.74, 6) is -0.673. The molecule has 0 bridgehead atoms. The minimum absolute atomic E-state index is 0.175. The highest BCUT2D eigenvalue weighted by atomic mass is 32.2. The van der Waals surface area contributed by atoms with Crippen LogP contribution in [0.2, 0.25) is 0 Å². The van der Waals surface area contributed by atoms with Crippen molar-refractivity contribution in [1.82, 2.24) is 9.21 Å². The fourth-order valence-corrected chi connectivity index (χ4v) is 4.67. The van der Waals surface area contributed by atoms with Crippen molar-refractivity contribution in [1.29, 1.82) is 0 Å². The number of β-lactam (4-membered cyclic amide) rings is 1. The van der Waals surface area contributed by atoms with Crippen LogP contribution in [-0.4, -0.2) is 71.4 Å². The second kappa shape index (κ2) is 4.78. The lowest BCUT2D eigenvalue weighted by Crippen LogP contribution is -2.76. The average molecular weight is 304 g/mol. The van der Waals surface area contributed by atoms with Crippen molar-refractivity contribution in [2.75, 3.05) is 19.3 Å². The van der Waals surface area contributed by atoms with Crippen molar-refractivity contribution in [2.24, 2.45) is 0 Å². The summed E-state index contributed by atoms with van der Waals surface area (Å²) in [4.78, 5) is 25.3. The molecule has 1 amide bonds. The number of Topliss-reactive ketones (excluding diaryl/α,β-unsaturated/α-hetero) is 1. The summed E-state index contributed by atoms with van der Waals surface area (Å²) in [6.07, 6.45) is 1.22. The molecule has 0 radical (unpaired) electrons. The van der Waals surface area contributed by atoms with E-state index in [4.69, 9.17) is 0 Å². The maximum Gasteiger partial charge on any atom is 0.246 e. The van der Waals surface area contributed by atoms with Gasteiger partial charge in [0.1, 0.15) is 11.6 Å². The molecule has 7 nitrogen and oxygen atoms in total. The van der Waals surface area contributed by atoms with Crippen LogP contribution in [0, 0.1) is 0 Å². The van der Waals surface area contributed by atoms with Gasteiger partial charge in [-0.15, -0.1) is 0 Å². The Balaban J connectivity index is 2.25. The topological polar surface area (TPSA) is 95.0 Å². The molecule has 2 aliphatic heterocycles. The van der Waals surface area contributed by atoms with Gasteiger partial charge in [0.05, 0.1) is 18.9 Å². The molecule has 2 heterocycles. The Kier molecular flexibility index (Phi) is 3.68. The first-order chi connectivity index (χ1) is 9.11. The monoisotopic (exact) mass is 304 g/mol. The van der Waals surface area contributed by atoms with Crippen molar-refractivity contribution in [3.8, 4) is 0 Å². The van der Waals surface area contributed by atoms with Crippen LogP contribution in [0.1, 0.15) is 26.7 Å². The van der Waals surface area contributed by atoms with Gasteiger partial charge in [0.15, 0.2) is 5.78 Å². The van der Waals surface area contributed by atoms with E-state index in [1.54, 1.807) is 0 Å². The second-order valence-corrected chi connectivity index (χ2v) is 7.61. The predicted molar refractivity (Wildman–Crippen MR) is 71.4 cm³/mol. The quantitative estimate of drug-likeness (QED) is 0.670. The Hall–Kier alpha value is -0.990. The molecule has 0 saturated carbocycles. The Morgan fingerprint density at radius 2 is 2.05 bits per heavy atom. The van der Waals surface area contributed by atoms with Gasteiger partial charge in [0, 0.05) is 6.54 Å². The Morgan fingerprint density at radius 1 is 1.45 bits per heavy atom. The number of carbonyl (C=O) groups is 2. The number of ketones is 1. The zero-order valence-corrected chi connectivity index (χ0v) is 12.7. The van der Waals surface area contributed by atoms with Crippen molar-refractivity contribution in [3.63, 3.8) is 0 Å². The summed E-state index contributed by atoms with van der Waals surface area (Å²) in [5, 5.41) is 9.65. The van der Waals surface area contributed by atoms with Gasteiger partial charge in [0.2, 0.25) is 15.9 Å². The summed E-state index contributed by atoms with van der Waals surface area (Å²) in [6.45, 7) is 3.28. The highest BCUT2D eigenvalue weighted by Crippen LogP contribution is 2.41. The van der Waals surface area contributed by atoms with Crippen LogP contribution in [0.25, 0.3) is 0 Å². The molecule has 2 fully saturated rings. The largest absolute Gasteiger partial charge is 0.391 e. The first kappa shape index (κ1) is 15.4. The smallest absolute Gasteiger partial charge is 0.246 e. The molecule has 0 aromatic rings. The summed E-state index contributed by atoms with van der Waals surface area (Å²) < 4.78 is 24.8. The SMILES string of the molecule is CC(=O)[C@H]([C@@H](C)O)N1C[C@]2(CCCN2S(C)(=O)=O)C1=O. The number of likely N-dealkylation sites (tertiary alicyclic amines) is 1. The number of nitrogens with zero attached hydrogens (tertiary/aromatic N) is 2. The van der Waals surface area contributed by atoms with Gasteiger partial charge in [0.25, 0.3) is 0 Å². The normalized spacial score (nSPS) is 30.4. The van der Waals surface area contributed by atoms with E-state index in [2.05, 4.69) is 0 Å². The van der Waals surface area contributed by atoms with Crippen LogP contribution >= 0.6 is 0 Å². The van der Waals surface area contributed by atoms with Crippen molar-refractivity contribution >= 4 is 21.7 Å². The van der Waals surface area contributed by atoms with Gasteiger partial charge in [-0.3, -0.25) is 9.59 Å². The zero-order valence-electron chi connectivity index (χ0n) is 11.9. The molecule has 0 aromatic carbocycles. The Morgan fingerprint density at radius 3 is 2.45 bits per heavy atom. The van der Waals surface area contributed by atoms with Gasteiger partial charge in [-0.05, 0) is 26.7 Å². The van der Waals surface area contributed by atoms with Gasteiger partial charge in [-0.2, -0.15) is 4.31 Å². The lowest BCUT2D eigenvalue weighted by molar-refractivity contribution is -0.167. The van der Waals surface area contributed by atoms with Gasteiger partial charge in [-0.1, -0.05) is 0 Å². The van der Waals surface area contributed by atoms with Crippen LogP contribution in [-0.2, 0) is 19.6 Å². The molecule has 1 spiro atoms. The first-order valence-electron chi connectivity index (χ1n) is 6.58. The van der Waals surface area contributed by atoms with Crippen LogP contribution in [0.3, 0.4) is 0 Å². The average Bonchev–Trinajstić information content (AvgIpc) is 2.73. The van der Waals surface area contributed by atoms with Crippen LogP contribution in [0.15, 0.2) is 0 Å². The van der Waals surface area contributed by atoms with Crippen LogP contribution < -0.4 is 0 Å². The van der Waals surface area contributed by atoms with Gasteiger partial charge >= 0.3 is 0 Å². The van der Waals surface area contributed by atoms with Crippen molar-refractivity contribution in [2.45, 2.75) is 44.4 Å². The van der Waals surface area contributed by atoms with E-state index in [1.165, 1.54) is 23.1 Å². The van der Waals surface area contributed by atoms with Crippen molar-refractivity contribution < 1.29 is 23.1 Å². The zero-order chi connectivity index (χ0) is 15.3. The summed E-state index contributed by atoms with van der Waals surface area (Å²) in [7, 11) is -3.46. The van der Waals surface area contributed by atoms with E-state index in [0.29, 0.717) is 19.4 Å². The lowest BCUT2D eigenvalue weighted by Gasteiger charge is -2.53. The third kappa shape index (κ3) is 2.15. The fourth-order valence-electron chi connectivity index (χ4n) is 3.35. The maximum atomic E-state index is 12.4. The summed E-state index contributed by atoms with van der Waals surface area (Å²) in [5.41, 5.74) is -1.03. The number of amides is 1. The molecule has 8 heteroatoms. The Bertz CT molecular complexity index is 544. The number of aliphatic hydroxyl groups is 1. The molecule has 2 rings (SSSR count). The highest BCUT2D eigenvalue weighted by Gasteiger charge is 2.62. The standard InChI is InChI=1S/C12H20N2O5S/c1-8(15)10(9(2)16)13-7-12(11(13)17)5-4-6-14(12)20(3,18)19/h8,10,15H,4-7H2,1-3H3/t8-,10+,12-/m1/s1. The van der Waals surface area contributed by atoms with Gasteiger partial charge in [-0.25, -0.2) is 8.42 Å². The maximum absolute atomic E-state index is 12.4. The molecule has 2 saturated heterocycles. The van der Waals surface area contributed by atoms with E-state index in [0.717, 1.165) is 6.26 Å². The summed E-state index contributed by atoms with van der Waals surface area (Å²) >= 11 is 0. The second-order valence-electron chi connectivity index (χ2n) is 5.70. The van der Waals surface area contributed by atoms with Crippen LogP contribution in [0.4, 0.5) is 0 Å². The molecule has 20 heavy (non-hydrogen) atoms. The number of hydrogen-bond acceptors (Lipinski definition) is 5. The van der Waals surface area contributed by atoms with Gasteiger partial charge < -0.3 is 10.0 Å². The number of aliphatic hydroxyl groups excluding tert-OH is 1. The molecule has 0 aromatic heterocycles. The molecular formula is C12H20N2O5S. The van der Waals surface area contributed by atoms with E-state index in [9.17, 15) is 23.1 Å². The number of sulfonamides is 1. The molecular weight excluding hydrogens is 284 g/mol. The van der Waals surface area contributed by atoms with E-state index in [1.807, 2.05) is 0 Å². The molecule has 0 aliphatic carbocycles. The number of rotatable bonds is 4. The minimum Gasteiger partial charge on any atom is -0.391 e. The molecule has 114 valence electrons. The molecule has 1 N–H and O–H groups in total. The molecule has 2 aliphatic rings. The van der Waals surface area contributed by atoms with E-state index >= 15 is 0 Å². The molecule has 0 unspecified atom stereocenters. The molecule has 3 atom stereocenters. The third-order valence-corrected chi connectivity index (χ3v) is 5.46. The Labute approximate surface area is 118 Å². The van der Waals surface area contributed by atoms with E-state index < -0.39 is 27.7 Å². The third-order valence-electron chi connectivity index (χ3n) is 4.13. The van der Waals surface area contributed by atoms with E-state index in [-0.39, 0.29) is 18.2 Å². The summed E-state index contributed by atoms with van der Waals surface area (Å²) in [6, 6.07) is -0.893. The highest BCUT2D eigenvalue weighted by molar-refractivity contribution is 7.88. The number of hydrogen-bond donors (Lipinski definition) is 1.